The van der Waals surface area contributed by atoms with E-state index in [1.807, 2.05) is 17.1 Å². The second-order valence-electron chi connectivity index (χ2n) is 3.86. The predicted octanol–water partition coefficient (Wildman–Crippen LogP) is 2.18. The van der Waals surface area contributed by atoms with Crippen molar-refractivity contribution in [3.8, 4) is 0 Å². The quantitative estimate of drug-likeness (QED) is 0.900. The number of hydrogen-bond donors (Lipinski definition) is 1. The van der Waals surface area contributed by atoms with Crippen molar-refractivity contribution in [3.05, 3.63) is 16.9 Å². The summed E-state index contributed by atoms with van der Waals surface area (Å²) in [6.45, 7) is 2.21. The minimum absolute atomic E-state index is 0.701. The molecule has 1 aromatic heterocycles. The van der Waals surface area contributed by atoms with E-state index in [0.717, 1.165) is 11.0 Å². The first-order valence-corrected chi connectivity index (χ1v) is 6.05. The average molecular weight is 258 g/mol. The van der Waals surface area contributed by atoms with Gasteiger partial charge in [-0.2, -0.15) is 5.10 Å². The summed E-state index contributed by atoms with van der Waals surface area (Å²) in [5, 5.41) is 7.79. The number of halogens is 1. The average Bonchev–Trinajstić information content (AvgIpc) is 2.63. The van der Waals surface area contributed by atoms with E-state index in [1.165, 1.54) is 32.2 Å². The zero-order valence-electron chi connectivity index (χ0n) is 8.25. The third kappa shape index (κ3) is 2.82. The highest BCUT2D eigenvalue weighted by atomic mass is 79.9. The number of aryl methyl sites for hydroxylation is 1. The fourth-order valence-corrected chi connectivity index (χ4v) is 2.25. The van der Waals surface area contributed by atoms with Gasteiger partial charge in [0, 0.05) is 18.8 Å². The van der Waals surface area contributed by atoms with Crippen molar-refractivity contribution in [2.45, 2.75) is 38.3 Å². The Labute approximate surface area is 93.0 Å². The number of nitrogens with one attached hydrogen (secondary N) is 1. The molecule has 4 heteroatoms. The molecule has 1 unspecified atom stereocenters. The Hall–Kier alpha value is -0.350. The molecule has 0 aromatic carbocycles. The van der Waals surface area contributed by atoms with Crippen molar-refractivity contribution in [2.24, 2.45) is 0 Å². The number of piperidine rings is 1. The second-order valence-corrected chi connectivity index (χ2v) is 4.77. The molecule has 14 heavy (non-hydrogen) atoms. The fraction of sp³-hybridized carbons (Fsp3) is 0.700. The molecule has 78 valence electrons. The first-order valence-electron chi connectivity index (χ1n) is 5.26. The van der Waals surface area contributed by atoms with Gasteiger partial charge in [0.15, 0.2) is 0 Å². The Kier molecular flexibility index (Phi) is 3.59. The van der Waals surface area contributed by atoms with Gasteiger partial charge in [-0.1, -0.05) is 6.42 Å². The van der Waals surface area contributed by atoms with Crippen molar-refractivity contribution in [2.75, 3.05) is 6.54 Å². The standard InChI is InChI=1S/C10H16BrN3/c11-9-7-13-14(8-9)6-4-10-3-1-2-5-12-10/h7-8,10,12H,1-6H2. The van der Waals surface area contributed by atoms with Gasteiger partial charge >= 0.3 is 0 Å². The summed E-state index contributed by atoms with van der Waals surface area (Å²) in [6.07, 6.45) is 9.10. The van der Waals surface area contributed by atoms with Crippen LogP contribution in [0.3, 0.4) is 0 Å². The Morgan fingerprint density at radius 1 is 1.57 bits per heavy atom. The van der Waals surface area contributed by atoms with Gasteiger partial charge in [0.2, 0.25) is 0 Å². The highest BCUT2D eigenvalue weighted by Gasteiger charge is 2.11. The van der Waals surface area contributed by atoms with Crippen LogP contribution in [0.5, 0.6) is 0 Å². The Balaban J connectivity index is 1.76. The lowest BCUT2D eigenvalue weighted by Gasteiger charge is -2.23. The van der Waals surface area contributed by atoms with E-state index in [0.29, 0.717) is 6.04 Å². The van der Waals surface area contributed by atoms with Crippen molar-refractivity contribution in [1.82, 2.24) is 15.1 Å². The summed E-state index contributed by atoms with van der Waals surface area (Å²) in [7, 11) is 0. The van der Waals surface area contributed by atoms with E-state index in [4.69, 9.17) is 0 Å². The largest absolute Gasteiger partial charge is 0.314 e. The zero-order chi connectivity index (χ0) is 9.80. The van der Waals surface area contributed by atoms with Gasteiger partial charge in [0.05, 0.1) is 10.7 Å². The van der Waals surface area contributed by atoms with Crippen LogP contribution >= 0.6 is 15.9 Å². The van der Waals surface area contributed by atoms with Gasteiger partial charge in [-0.05, 0) is 41.7 Å². The van der Waals surface area contributed by atoms with Crippen LogP contribution < -0.4 is 5.32 Å². The smallest absolute Gasteiger partial charge is 0.0632 e. The number of hydrogen-bond acceptors (Lipinski definition) is 2. The maximum atomic E-state index is 4.24. The summed E-state index contributed by atoms with van der Waals surface area (Å²) in [4.78, 5) is 0. The maximum Gasteiger partial charge on any atom is 0.0632 e. The molecule has 0 spiro atoms. The van der Waals surface area contributed by atoms with Crippen LogP contribution in [0.2, 0.25) is 0 Å². The molecule has 1 fully saturated rings. The van der Waals surface area contributed by atoms with Crippen LogP contribution in [0.25, 0.3) is 0 Å². The van der Waals surface area contributed by atoms with E-state index >= 15 is 0 Å². The fourth-order valence-electron chi connectivity index (χ4n) is 1.92. The van der Waals surface area contributed by atoms with Gasteiger partial charge in [0.1, 0.15) is 0 Å². The molecule has 1 aliphatic heterocycles. The molecule has 1 N–H and O–H groups in total. The molecule has 2 heterocycles. The number of aromatic nitrogens is 2. The van der Waals surface area contributed by atoms with Crippen LogP contribution in [0.15, 0.2) is 16.9 Å². The van der Waals surface area contributed by atoms with E-state index in [9.17, 15) is 0 Å². The van der Waals surface area contributed by atoms with Crippen molar-refractivity contribution in [3.63, 3.8) is 0 Å². The molecule has 0 saturated carbocycles. The van der Waals surface area contributed by atoms with Gasteiger partial charge in [0.25, 0.3) is 0 Å². The zero-order valence-corrected chi connectivity index (χ0v) is 9.83. The maximum absolute atomic E-state index is 4.24. The SMILES string of the molecule is Brc1cnn(CCC2CCCCN2)c1. The monoisotopic (exact) mass is 257 g/mol. The first-order chi connectivity index (χ1) is 6.84. The topological polar surface area (TPSA) is 29.9 Å². The van der Waals surface area contributed by atoms with Crippen LogP contribution in [0, 0.1) is 0 Å². The lowest BCUT2D eigenvalue weighted by atomic mass is 10.0. The Bertz CT molecular complexity index is 279. The molecule has 1 aliphatic rings. The number of rotatable bonds is 3. The Morgan fingerprint density at radius 2 is 2.50 bits per heavy atom. The summed E-state index contributed by atoms with van der Waals surface area (Å²) < 4.78 is 3.06. The first kappa shape index (κ1) is 10.2. The molecule has 3 nitrogen and oxygen atoms in total. The molecule has 0 aliphatic carbocycles. The third-order valence-corrected chi connectivity index (χ3v) is 3.13. The minimum Gasteiger partial charge on any atom is -0.314 e. The van der Waals surface area contributed by atoms with Gasteiger partial charge in [-0.3, -0.25) is 4.68 Å². The molecular formula is C10H16BrN3. The van der Waals surface area contributed by atoms with Crippen molar-refractivity contribution >= 4 is 15.9 Å². The van der Waals surface area contributed by atoms with Crippen molar-refractivity contribution in [1.29, 1.82) is 0 Å². The molecule has 0 radical (unpaired) electrons. The van der Waals surface area contributed by atoms with Gasteiger partial charge < -0.3 is 5.32 Å². The summed E-state index contributed by atoms with van der Waals surface area (Å²) in [6, 6.07) is 0.701. The minimum atomic E-state index is 0.701. The van der Waals surface area contributed by atoms with Crippen LogP contribution in [-0.4, -0.2) is 22.4 Å². The normalized spacial score (nSPS) is 22.5. The molecule has 0 amide bonds. The highest BCUT2D eigenvalue weighted by Crippen LogP contribution is 2.12. The third-order valence-electron chi connectivity index (χ3n) is 2.72. The molecular weight excluding hydrogens is 242 g/mol. The van der Waals surface area contributed by atoms with Crippen LogP contribution in [0.4, 0.5) is 0 Å². The molecule has 1 atom stereocenters. The van der Waals surface area contributed by atoms with E-state index in [2.05, 4.69) is 26.3 Å². The summed E-state index contributed by atoms with van der Waals surface area (Å²) in [5.74, 6) is 0. The van der Waals surface area contributed by atoms with Gasteiger partial charge in [-0.15, -0.1) is 0 Å². The second kappa shape index (κ2) is 4.94. The summed E-state index contributed by atoms with van der Waals surface area (Å²) >= 11 is 3.40. The molecule has 0 bridgehead atoms. The van der Waals surface area contributed by atoms with E-state index in [-0.39, 0.29) is 0 Å². The van der Waals surface area contributed by atoms with Crippen LogP contribution in [0.1, 0.15) is 25.7 Å². The molecule has 1 saturated heterocycles. The van der Waals surface area contributed by atoms with Gasteiger partial charge in [-0.25, -0.2) is 0 Å². The van der Waals surface area contributed by atoms with E-state index in [1.54, 1.807) is 0 Å². The highest BCUT2D eigenvalue weighted by molar-refractivity contribution is 9.10. The Morgan fingerprint density at radius 3 is 3.14 bits per heavy atom. The predicted molar refractivity (Wildman–Crippen MR) is 60.2 cm³/mol. The summed E-state index contributed by atoms with van der Waals surface area (Å²) in [5.41, 5.74) is 0. The lowest BCUT2D eigenvalue weighted by Crippen LogP contribution is -2.34. The lowest BCUT2D eigenvalue weighted by molar-refractivity contribution is 0.360. The molecule has 1 aromatic rings. The van der Waals surface area contributed by atoms with Crippen molar-refractivity contribution < 1.29 is 0 Å². The van der Waals surface area contributed by atoms with E-state index < -0.39 is 0 Å². The van der Waals surface area contributed by atoms with Crippen LogP contribution in [-0.2, 0) is 6.54 Å². The number of nitrogens with zero attached hydrogens (tertiary/aromatic N) is 2. The molecule has 2 rings (SSSR count).